The minimum Gasteiger partial charge on any atom is -0.497 e. The summed E-state index contributed by atoms with van der Waals surface area (Å²) in [5, 5.41) is 14.4. The van der Waals surface area contributed by atoms with Crippen LogP contribution in [0.2, 0.25) is 0 Å². The number of ether oxygens (including phenoxy) is 2. The number of hydrogen-bond donors (Lipinski definition) is 2. The lowest BCUT2D eigenvalue weighted by Crippen LogP contribution is -2.03. The van der Waals surface area contributed by atoms with E-state index >= 15 is 0 Å². The average Bonchev–Trinajstić information content (AvgIpc) is 2.65. The molecular weight excluding hydrogens is 330 g/mol. The first-order chi connectivity index (χ1) is 12.6. The maximum Gasteiger partial charge on any atom is 0.249 e. The number of methoxy groups -OCH3 is 2. The number of rotatable bonds is 6. The zero-order valence-electron chi connectivity index (χ0n) is 15.2. The Bertz CT molecular complexity index is 914. The summed E-state index contributed by atoms with van der Waals surface area (Å²) in [7, 11) is 3.20. The van der Waals surface area contributed by atoms with Crippen molar-refractivity contribution in [2.45, 2.75) is 13.8 Å². The van der Waals surface area contributed by atoms with Crippen molar-refractivity contribution >= 4 is 23.1 Å². The smallest absolute Gasteiger partial charge is 0.249 e. The summed E-state index contributed by atoms with van der Waals surface area (Å²) in [6, 6.07) is 11.6. The molecule has 0 aliphatic carbocycles. The van der Waals surface area contributed by atoms with E-state index in [-0.39, 0.29) is 0 Å². The number of hydrogen-bond acceptors (Lipinski definition) is 7. The highest BCUT2D eigenvalue weighted by Crippen LogP contribution is 2.30. The molecule has 0 radical (unpaired) electrons. The normalized spacial score (nSPS) is 10.3. The van der Waals surface area contributed by atoms with Gasteiger partial charge in [0.15, 0.2) is 5.82 Å². The Kier molecular flexibility index (Phi) is 5.17. The Balaban J connectivity index is 1.80. The minimum atomic E-state index is 0.363. The molecule has 3 rings (SSSR count). The highest BCUT2D eigenvalue weighted by atomic mass is 16.5. The number of aryl methyl sites for hydroxylation is 2. The van der Waals surface area contributed by atoms with Crippen LogP contribution in [0.15, 0.2) is 42.6 Å². The van der Waals surface area contributed by atoms with Gasteiger partial charge in [0.25, 0.3) is 0 Å². The lowest BCUT2D eigenvalue weighted by atomic mass is 10.1. The number of anilines is 4. The molecule has 0 fully saturated rings. The average molecular weight is 351 g/mol. The monoisotopic (exact) mass is 351 g/mol. The fourth-order valence-corrected chi connectivity index (χ4v) is 2.41. The van der Waals surface area contributed by atoms with Gasteiger partial charge >= 0.3 is 0 Å². The van der Waals surface area contributed by atoms with Gasteiger partial charge in [0.1, 0.15) is 11.5 Å². The second-order valence-corrected chi connectivity index (χ2v) is 5.78. The van der Waals surface area contributed by atoms with Crippen molar-refractivity contribution in [3.63, 3.8) is 0 Å². The van der Waals surface area contributed by atoms with Crippen molar-refractivity contribution in [2.75, 3.05) is 24.9 Å². The van der Waals surface area contributed by atoms with Crippen LogP contribution in [0.4, 0.5) is 23.1 Å². The second-order valence-electron chi connectivity index (χ2n) is 5.78. The van der Waals surface area contributed by atoms with Crippen molar-refractivity contribution in [3.8, 4) is 11.5 Å². The molecule has 1 heterocycles. The molecule has 7 heteroatoms. The first kappa shape index (κ1) is 17.5. The predicted octanol–water partition coefficient (Wildman–Crippen LogP) is 3.99. The Morgan fingerprint density at radius 2 is 1.73 bits per heavy atom. The number of nitrogens with one attached hydrogen (secondary N) is 2. The van der Waals surface area contributed by atoms with Crippen LogP contribution in [0, 0.1) is 13.8 Å². The van der Waals surface area contributed by atoms with Crippen LogP contribution < -0.4 is 20.1 Å². The Hall–Kier alpha value is -3.35. The van der Waals surface area contributed by atoms with E-state index in [4.69, 9.17) is 9.47 Å². The predicted molar refractivity (Wildman–Crippen MR) is 102 cm³/mol. The van der Waals surface area contributed by atoms with Gasteiger partial charge in [-0.25, -0.2) is 0 Å². The third kappa shape index (κ3) is 4.00. The molecule has 3 aromatic rings. The molecule has 2 N–H and O–H groups in total. The molecule has 0 aliphatic rings. The zero-order chi connectivity index (χ0) is 18.5. The Morgan fingerprint density at radius 3 is 2.46 bits per heavy atom. The van der Waals surface area contributed by atoms with Crippen LogP contribution >= 0.6 is 0 Å². The van der Waals surface area contributed by atoms with Crippen molar-refractivity contribution in [1.29, 1.82) is 0 Å². The maximum atomic E-state index is 5.38. The van der Waals surface area contributed by atoms with Crippen LogP contribution in [0.25, 0.3) is 0 Å². The molecule has 2 aromatic carbocycles. The summed E-state index contributed by atoms with van der Waals surface area (Å²) >= 11 is 0. The van der Waals surface area contributed by atoms with E-state index < -0.39 is 0 Å². The number of benzene rings is 2. The molecule has 0 saturated carbocycles. The molecule has 1 aromatic heterocycles. The van der Waals surface area contributed by atoms with E-state index in [0.29, 0.717) is 23.3 Å². The molecule has 0 bridgehead atoms. The molecule has 0 atom stereocenters. The van der Waals surface area contributed by atoms with E-state index in [1.165, 1.54) is 11.1 Å². The van der Waals surface area contributed by atoms with Crippen LogP contribution in [0.1, 0.15) is 11.1 Å². The molecule has 134 valence electrons. The lowest BCUT2D eigenvalue weighted by Gasteiger charge is -2.12. The molecule has 0 unspecified atom stereocenters. The summed E-state index contributed by atoms with van der Waals surface area (Å²) in [6.07, 6.45) is 1.58. The largest absolute Gasteiger partial charge is 0.497 e. The number of nitrogens with zero attached hydrogens (tertiary/aromatic N) is 3. The summed E-state index contributed by atoms with van der Waals surface area (Å²) in [5.41, 5.74) is 4.11. The van der Waals surface area contributed by atoms with Gasteiger partial charge in [-0.1, -0.05) is 6.07 Å². The van der Waals surface area contributed by atoms with Gasteiger partial charge in [-0.3, -0.25) is 0 Å². The summed E-state index contributed by atoms with van der Waals surface area (Å²) in [4.78, 5) is 4.45. The zero-order valence-corrected chi connectivity index (χ0v) is 15.2. The highest BCUT2D eigenvalue weighted by molar-refractivity contribution is 5.65. The SMILES string of the molecule is COc1ccc(Nc2nncc(Nc3ccc(C)c(C)c3)n2)c(OC)c1. The van der Waals surface area contributed by atoms with Gasteiger partial charge in [-0.05, 0) is 49.2 Å². The molecule has 0 aliphatic heterocycles. The van der Waals surface area contributed by atoms with Gasteiger partial charge in [-0.2, -0.15) is 10.1 Å². The summed E-state index contributed by atoms with van der Waals surface area (Å²) < 4.78 is 10.6. The van der Waals surface area contributed by atoms with Crippen molar-refractivity contribution in [1.82, 2.24) is 15.2 Å². The van der Waals surface area contributed by atoms with E-state index in [0.717, 1.165) is 11.4 Å². The lowest BCUT2D eigenvalue weighted by molar-refractivity contribution is 0.395. The second kappa shape index (κ2) is 7.69. The van der Waals surface area contributed by atoms with Gasteiger partial charge in [0, 0.05) is 11.8 Å². The van der Waals surface area contributed by atoms with Gasteiger partial charge in [0.05, 0.1) is 26.1 Å². The van der Waals surface area contributed by atoms with Crippen LogP contribution in [0.3, 0.4) is 0 Å². The Morgan fingerprint density at radius 1 is 0.885 bits per heavy atom. The van der Waals surface area contributed by atoms with Gasteiger partial charge in [-0.15, -0.1) is 5.10 Å². The number of aromatic nitrogens is 3. The van der Waals surface area contributed by atoms with Crippen molar-refractivity contribution in [3.05, 3.63) is 53.7 Å². The summed E-state index contributed by atoms with van der Waals surface area (Å²) in [6.45, 7) is 4.15. The van der Waals surface area contributed by atoms with E-state index in [1.807, 2.05) is 18.2 Å². The van der Waals surface area contributed by atoms with E-state index in [2.05, 4.69) is 51.8 Å². The fraction of sp³-hybridized carbons (Fsp3) is 0.211. The molecule has 0 saturated heterocycles. The quantitative estimate of drug-likeness (QED) is 0.695. The van der Waals surface area contributed by atoms with Crippen LogP contribution in [-0.4, -0.2) is 29.4 Å². The fourth-order valence-electron chi connectivity index (χ4n) is 2.41. The first-order valence-electron chi connectivity index (χ1n) is 8.12. The molecule has 7 nitrogen and oxygen atoms in total. The third-order valence-corrected chi connectivity index (χ3v) is 3.99. The standard InChI is InChI=1S/C19H21N5O2/c1-12-5-6-14(9-13(12)2)21-18-11-20-24-19(23-18)22-16-8-7-15(25-3)10-17(16)26-4/h5-11H,1-4H3,(H2,21,22,23,24). The van der Waals surface area contributed by atoms with Crippen molar-refractivity contribution in [2.24, 2.45) is 0 Å². The van der Waals surface area contributed by atoms with Crippen molar-refractivity contribution < 1.29 is 9.47 Å². The van der Waals surface area contributed by atoms with E-state index in [1.54, 1.807) is 26.5 Å². The topological polar surface area (TPSA) is 81.2 Å². The van der Waals surface area contributed by atoms with Crippen LogP contribution in [0.5, 0.6) is 11.5 Å². The molecule has 0 spiro atoms. The van der Waals surface area contributed by atoms with Gasteiger partial charge in [0.2, 0.25) is 5.95 Å². The molecular formula is C19H21N5O2. The molecule has 0 amide bonds. The highest BCUT2D eigenvalue weighted by Gasteiger charge is 2.08. The summed E-state index contributed by atoms with van der Waals surface area (Å²) in [5.74, 6) is 2.29. The van der Waals surface area contributed by atoms with Crippen LogP contribution in [-0.2, 0) is 0 Å². The molecule has 26 heavy (non-hydrogen) atoms. The minimum absolute atomic E-state index is 0.363. The first-order valence-corrected chi connectivity index (χ1v) is 8.12. The maximum absolute atomic E-state index is 5.38. The van der Waals surface area contributed by atoms with Gasteiger partial charge < -0.3 is 20.1 Å². The van der Waals surface area contributed by atoms with E-state index in [9.17, 15) is 0 Å². The third-order valence-electron chi connectivity index (χ3n) is 3.99. The Labute approximate surface area is 152 Å².